The zero-order chi connectivity index (χ0) is 43.6. The Kier molecular flexibility index (Phi) is 12.9. The molecule has 0 aliphatic rings. The first kappa shape index (κ1) is 41.8. The average Bonchev–Trinajstić information content (AvgIpc) is 3.31. The lowest BCUT2D eigenvalue weighted by Gasteiger charge is -2.18. The topological polar surface area (TPSA) is 163 Å². The fourth-order valence-corrected chi connectivity index (χ4v) is 6.59. The van der Waals surface area contributed by atoms with Crippen LogP contribution in [0.2, 0.25) is 0 Å². The van der Waals surface area contributed by atoms with Gasteiger partial charge in [0.15, 0.2) is 0 Å². The fourth-order valence-electron chi connectivity index (χ4n) is 6.59. The van der Waals surface area contributed by atoms with Gasteiger partial charge in [0, 0.05) is 41.0 Å². The van der Waals surface area contributed by atoms with Crippen LogP contribution in [-0.2, 0) is 6.61 Å². The van der Waals surface area contributed by atoms with Crippen LogP contribution in [0.3, 0.4) is 0 Å². The zero-order valence-electron chi connectivity index (χ0n) is 34.2. The molecule has 0 fully saturated rings. The first-order valence-electron chi connectivity index (χ1n) is 19.3. The number of methoxy groups -OCH3 is 4. The Morgan fingerprint density at radius 2 is 0.790 bits per heavy atom. The fraction of sp³-hybridized carbons (Fsp3) is 0.102. The van der Waals surface area contributed by atoms with Gasteiger partial charge < -0.3 is 45.0 Å². The Morgan fingerprint density at radius 3 is 1.23 bits per heavy atom. The molecule has 0 aliphatic heterocycles. The number of hydrogen-bond donors (Lipinski definition) is 4. The maximum atomic E-state index is 14.3. The highest BCUT2D eigenvalue weighted by molar-refractivity contribution is 6.12. The molecule has 13 nitrogen and oxygen atoms in total. The molecule has 7 aromatic rings. The second-order valence-corrected chi connectivity index (χ2v) is 13.7. The monoisotopic (exact) mass is 830 g/mol. The normalized spacial score (nSPS) is 10.6. The summed E-state index contributed by atoms with van der Waals surface area (Å²) >= 11 is 0. The molecule has 13 heteroatoms. The number of benzene rings is 7. The van der Waals surface area contributed by atoms with E-state index in [1.54, 1.807) is 103 Å². The molecule has 62 heavy (non-hydrogen) atoms. The van der Waals surface area contributed by atoms with E-state index >= 15 is 0 Å². The number of anilines is 4. The maximum absolute atomic E-state index is 14.3. The summed E-state index contributed by atoms with van der Waals surface area (Å²) in [6, 6.07) is 41.7. The standard InChI is InChI=1S/C49H42N4O9/c1-58-42-27-39(43(59-2)25-37(42)50-46(54)31-16-10-6-11-17-31)52-48(56)34-21-20-33-24-41(62-29-30-14-8-5-9-15-30)36(23-35(33)22-34)49(57)53-40-28-44(60-3)38(26-45(40)61-4)51-47(55)32-18-12-7-13-19-32/h5-28H,29H2,1-4H3,(H,50,54)(H,51,55)(H,52,56)(H,53,57). The van der Waals surface area contributed by atoms with Crippen molar-refractivity contribution in [1.82, 2.24) is 0 Å². The van der Waals surface area contributed by atoms with E-state index in [4.69, 9.17) is 23.7 Å². The quantitative estimate of drug-likeness (QED) is 0.0789. The van der Waals surface area contributed by atoms with Gasteiger partial charge in [-0.15, -0.1) is 0 Å². The lowest BCUT2D eigenvalue weighted by atomic mass is 10.0. The molecule has 0 saturated carbocycles. The van der Waals surface area contributed by atoms with Gasteiger partial charge in [0.25, 0.3) is 23.6 Å². The van der Waals surface area contributed by atoms with E-state index < -0.39 is 11.8 Å². The van der Waals surface area contributed by atoms with Crippen molar-refractivity contribution in [2.45, 2.75) is 6.61 Å². The van der Waals surface area contributed by atoms with E-state index in [1.807, 2.05) is 42.5 Å². The van der Waals surface area contributed by atoms with E-state index in [-0.39, 0.29) is 52.5 Å². The van der Waals surface area contributed by atoms with Crippen molar-refractivity contribution >= 4 is 57.2 Å². The number of ether oxygens (including phenoxy) is 5. The molecule has 0 heterocycles. The number of fused-ring (bicyclic) bond motifs is 1. The van der Waals surface area contributed by atoms with Crippen LogP contribution in [0.25, 0.3) is 10.8 Å². The summed E-state index contributed by atoms with van der Waals surface area (Å²) in [5, 5.41) is 12.8. The Balaban J connectivity index is 1.18. The van der Waals surface area contributed by atoms with Crippen molar-refractivity contribution in [2.24, 2.45) is 0 Å². The Labute approximate surface area is 357 Å². The van der Waals surface area contributed by atoms with Gasteiger partial charge in [-0.25, -0.2) is 0 Å². The molecule has 0 bridgehead atoms. The summed E-state index contributed by atoms with van der Waals surface area (Å²) in [4.78, 5) is 54.0. The summed E-state index contributed by atoms with van der Waals surface area (Å²) in [6.07, 6.45) is 0. The van der Waals surface area contributed by atoms with Gasteiger partial charge in [0.1, 0.15) is 35.4 Å². The van der Waals surface area contributed by atoms with E-state index in [0.29, 0.717) is 50.5 Å². The molecule has 0 aromatic heterocycles. The van der Waals surface area contributed by atoms with Crippen molar-refractivity contribution in [2.75, 3.05) is 49.7 Å². The smallest absolute Gasteiger partial charge is 0.259 e. The maximum Gasteiger partial charge on any atom is 0.259 e. The van der Waals surface area contributed by atoms with Gasteiger partial charge in [-0.1, -0.05) is 72.8 Å². The van der Waals surface area contributed by atoms with Gasteiger partial charge in [-0.3, -0.25) is 19.2 Å². The van der Waals surface area contributed by atoms with Crippen LogP contribution >= 0.6 is 0 Å². The Bertz CT molecular complexity index is 2760. The van der Waals surface area contributed by atoms with E-state index in [9.17, 15) is 19.2 Å². The number of rotatable bonds is 15. The third kappa shape index (κ3) is 9.58. The molecule has 0 radical (unpaired) electrons. The SMILES string of the molecule is COc1cc(NC(=O)c2ccc3cc(OCc4ccccc4)c(C(=O)Nc4cc(OC)c(NC(=O)c5ccccc5)cc4OC)cc3c2)c(OC)cc1NC(=O)c1ccccc1. The Hall–Kier alpha value is -8.32. The lowest BCUT2D eigenvalue weighted by Crippen LogP contribution is -2.16. The van der Waals surface area contributed by atoms with Gasteiger partial charge in [0.2, 0.25) is 0 Å². The molecular weight excluding hydrogens is 789 g/mol. The lowest BCUT2D eigenvalue weighted by molar-refractivity contribution is 0.101. The molecule has 0 unspecified atom stereocenters. The van der Waals surface area contributed by atoms with Crippen molar-refractivity contribution in [3.05, 3.63) is 173 Å². The van der Waals surface area contributed by atoms with Gasteiger partial charge in [0.05, 0.1) is 56.8 Å². The van der Waals surface area contributed by atoms with Crippen LogP contribution in [-0.4, -0.2) is 52.1 Å². The summed E-state index contributed by atoms with van der Waals surface area (Å²) < 4.78 is 28.7. The van der Waals surface area contributed by atoms with Crippen LogP contribution in [0.15, 0.2) is 146 Å². The first-order valence-corrected chi connectivity index (χ1v) is 19.3. The van der Waals surface area contributed by atoms with Gasteiger partial charge in [-0.05, 0) is 64.9 Å². The highest BCUT2D eigenvalue weighted by atomic mass is 16.5. The molecule has 312 valence electrons. The largest absolute Gasteiger partial charge is 0.494 e. The van der Waals surface area contributed by atoms with Crippen LogP contribution in [0.4, 0.5) is 22.7 Å². The predicted molar refractivity (Wildman–Crippen MR) is 239 cm³/mol. The molecular formula is C49H42N4O9. The van der Waals surface area contributed by atoms with Gasteiger partial charge in [-0.2, -0.15) is 0 Å². The van der Waals surface area contributed by atoms with E-state index in [0.717, 1.165) is 5.56 Å². The minimum atomic E-state index is -0.539. The number of hydrogen-bond acceptors (Lipinski definition) is 9. The molecule has 0 aliphatic carbocycles. The number of carbonyl (C=O) groups is 4. The zero-order valence-corrected chi connectivity index (χ0v) is 34.2. The van der Waals surface area contributed by atoms with E-state index in [1.165, 1.54) is 28.4 Å². The summed E-state index contributed by atoms with van der Waals surface area (Å²) in [7, 11) is 5.80. The molecule has 4 N–H and O–H groups in total. The summed E-state index contributed by atoms with van der Waals surface area (Å²) in [5.74, 6) is -0.305. The van der Waals surface area contributed by atoms with Crippen molar-refractivity contribution in [3.63, 3.8) is 0 Å². The molecule has 0 atom stereocenters. The number of carbonyl (C=O) groups excluding carboxylic acids is 4. The summed E-state index contributed by atoms with van der Waals surface area (Å²) in [6.45, 7) is 0.181. The average molecular weight is 831 g/mol. The molecule has 7 rings (SSSR count). The third-order valence-electron chi connectivity index (χ3n) is 9.79. The third-order valence-corrected chi connectivity index (χ3v) is 9.79. The number of amides is 4. The minimum absolute atomic E-state index is 0.174. The summed E-state index contributed by atoms with van der Waals surface area (Å²) in [5.41, 5.74) is 3.50. The van der Waals surface area contributed by atoms with Crippen LogP contribution < -0.4 is 45.0 Å². The first-order chi connectivity index (χ1) is 30.2. The minimum Gasteiger partial charge on any atom is -0.494 e. The number of nitrogens with one attached hydrogen (secondary N) is 4. The van der Waals surface area contributed by atoms with Gasteiger partial charge >= 0.3 is 0 Å². The highest BCUT2D eigenvalue weighted by Crippen LogP contribution is 2.39. The Morgan fingerprint density at radius 1 is 0.387 bits per heavy atom. The highest BCUT2D eigenvalue weighted by Gasteiger charge is 2.22. The predicted octanol–water partition coefficient (Wildman–Crippen LogP) is 9.46. The van der Waals surface area contributed by atoms with Crippen molar-refractivity contribution in [3.8, 4) is 28.7 Å². The molecule has 4 amide bonds. The van der Waals surface area contributed by atoms with Crippen molar-refractivity contribution < 1.29 is 42.9 Å². The molecule has 0 spiro atoms. The molecule has 0 saturated heterocycles. The van der Waals surface area contributed by atoms with Crippen LogP contribution in [0.5, 0.6) is 28.7 Å². The van der Waals surface area contributed by atoms with Crippen LogP contribution in [0.1, 0.15) is 47.0 Å². The van der Waals surface area contributed by atoms with E-state index in [2.05, 4.69) is 21.3 Å². The van der Waals surface area contributed by atoms with Crippen molar-refractivity contribution in [1.29, 1.82) is 0 Å². The van der Waals surface area contributed by atoms with Crippen LogP contribution in [0, 0.1) is 0 Å². The second kappa shape index (κ2) is 19.2. The molecule has 7 aromatic carbocycles. The second-order valence-electron chi connectivity index (χ2n) is 13.7.